The highest BCUT2D eigenvalue weighted by molar-refractivity contribution is 9.10. The summed E-state index contributed by atoms with van der Waals surface area (Å²) in [6.07, 6.45) is 0.740. The third kappa shape index (κ3) is 4.11. The van der Waals surface area contributed by atoms with E-state index in [0.717, 1.165) is 12.8 Å². The highest BCUT2D eigenvalue weighted by atomic mass is 79.9. The lowest BCUT2D eigenvalue weighted by atomic mass is 9.82. The van der Waals surface area contributed by atoms with Crippen LogP contribution in [0.1, 0.15) is 19.8 Å². The largest absolute Gasteiger partial charge is 0.480 e. The average Bonchev–Trinajstić information content (AvgIpc) is 2.36. The van der Waals surface area contributed by atoms with Gasteiger partial charge in [0.2, 0.25) is 0 Å². The SMILES string of the molecule is CC(Oc1ccc(Cl)cc1Br)C(=O)NCC1CC(O)C1. The predicted molar refractivity (Wildman–Crippen MR) is 81.0 cm³/mol. The van der Waals surface area contributed by atoms with Crippen LogP contribution in [-0.4, -0.2) is 29.8 Å². The molecule has 0 aliphatic heterocycles. The van der Waals surface area contributed by atoms with Gasteiger partial charge < -0.3 is 15.2 Å². The Hall–Kier alpha value is -0.780. The molecule has 1 aliphatic rings. The molecule has 1 aliphatic carbocycles. The fourth-order valence-electron chi connectivity index (χ4n) is 2.07. The Bertz CT molecular complexity index is 491. The van der Waals surface area contributed by atoms with Crippen LogP contribution in [0.15, 0.2) is 22.7 Å². The second kappa shape index (κ2) is 6.78. The molecule has 6 heteroatoms. The summed E-state index contributed by atoms with van der Waals surface area (Å²) in [5.41, 5.74) is 0. The minimum absolute atomic E-state index is 0.159. The summed E-state index contributed by atoms with van der Waals surface area (Å²) in [6, 6.07) is 5.15. The van der Waals surface area contributed by atoms with Crippen molar-refractivity contribution < 1.29 is 14.6 Å². The number of hydrogen-bond acceptors (Lipinski definition) is 3. The van der Waals surface area contributed by atoms with Crippen molar-refractivity contribution in [1.29, 1.82) is 0 Å². The highest BCUT2D eigenvalue weighted by Gasteiger charge is 2.28. The van der Waals surface area contributed by atoms with Crippen molar-refractivity contribution in [3.8, 4) is 5.75 Å². The van der Waals surface area contributed by atoms with E-state index in [1.54, 1.807) is 25.1 Å². The zero-order chi connectivity index (χ0) is 14.7. The van der Waals surface area contributed by atoms with Crippen LogP contribution in [0, 0.1) is 5.92 Å². The van der Waals surface area contributed by atoms with Crippen molar-refractivity contribution >= 4 is 33.4 Å². The topological polar surface area (TPSA) is 58.6 Å². The van der Waals surface area contributed by atoms with Crippen LogP contribution in [-0.2, 0) is 4.79 Å². The number of carbonyl (C=O) groups is 1. The molecule has 1 unspecified atom stereocenters. The van der Waals surface area contributed by atoms with E-state index in [0.29, 0.717) is 27.7 Å². The van der Waals surface area contributed by atoms with E-state index in [1.165, 1.54) is 0 Å². The lowest BCUT2D eigenvalue weighted by molar-refractivity contribution is -0.127. The number of carbonyl (C=O) groups excluding carboxylic acids is 1. The Morgan fingerprint density at radius 3 is 2.90 bits per heavy atom. The molecule has 1 saturated carbocycles. The van der Waals surface area contributed by atoms with Gasteiger partial charge in [0.05, 0.1) is 10.6 Å². The van der Waals surface area contributed by atoms with Crippen LogP contribution in [0.3, 0.4) is 0 Å². The van der Waals surface area contributed by atoms with Gasteiger partial charge >= 0.3 is 0 Å². The Morgan fingerprint density at radius 2 is 2.30 bits per heavy atom. The molecule has 2 rings (SSSR count). The van der Waals surface area contributed by atoms with Crippen molar-refractivity contribution in [3.05, 3.63) is 27.7 Å². The van der Waals surface area contributed by atoms with Gasteiger partial charge in [-0.2, -0.15) is 0 Å². The van der Waals surface area contributed by atoms with Gasteiger partial charge in [-0.3, -0.25) is 4.79 Å². The fourth-order valence-corrected chi connectivity index (χ4v) is 2.85. The van der Waals surface area contributed by atoms with Gasteiger partial charge in [0.15, 0.2) is 6.10 Å². The number of halogens is 2. The number of hydrogen-bond donors (Lipinski definition) is 2. The molecular weight excluding hydrogens is 346 g/mol. The van der Waals surface area contributed by atoms with E-state index in [-0.39, 0.29) is 12.0 Å². The first kappa shape index (κ1) is 15.6. The number of ether oxygens (including phenoxy) is 1. The van der Waals surface area contributed by atoms with E-state index in [2.05, 4.69) is 21.2 Å². The molecule has 1 amide bonds. The van der Waals surface area contributed by atoms with Gasteiger partial charge in [0.1, 0.15) is 5.75 Å². The number of aliphatic hydroxyl groups excluding tert-OH is 1. The molecule has 0 aromatic heterocycles. The summed E-state index contributed by atoms with van der Waals surface area (Å²) >= 11 is 9.19. The molecule has 0 spiro atoms. The van der Waals surface area contributed by atoms with Crippen molar-refractivity contribution in [2.45, 2.75) is 32.0 Å². The standard InChI is InChI=1S/C14H17BrClNO3/c1-8(14(19)17-7-9-4-11(18)5-9)20-13-3-2-10(16)6-12(13)15/h2-3,6,8-9,11,18H,4-5,7H2,1H3,(H,17,19). The Kier molecular flexibility index (Phi) is 5.29. The number of rotatable bonds is 5. The quantitative estimate of drug-likeness (QED) is 0.847. The zero-order valence-electron chi connectivity index (χ0n) is 11.1. The molecule has 1 aromatic carbocycles. The second-order valence-electron chi connectivity index (χ2n) is 5.07. The second-order valence-corrected chi connectivity index (χ2v) is 6.36. The summed E-state index contributed by atoms with van der Waals surface area (Å²) in [6.45, 7) is 2.29. The summed E-state index contributed by atoms with van der Waals surface area (Å²) in [7, 11) is 0. The van der Waals surface area contributed by atoms with E-state index in [1.807, 2.05) is 0 Å². The molecule has 0 saturated heterocycles. The van der Waals surface area contributed by atoms with Gasteiger partial charge in [0, 0.05) is 11.6 Å². The summed E-state index contributed by atoms with van der Waals surface area (Å²) in [5, 5.41) is 12.6. The van der Waals surface area contributed by atoms with Crippen LogP contribution in [0.5, 0.6) is 5.75 Å². The maximum absolute atomic E-state index is 11.9. The molecule has 1 fully saturated rings. The first-order valence-corrected chi connectivity index (χ1v) is 7.70. The van der Waals surface area contributed by atoms with Gasteiger partial charge in [-0.15, -0.1) is 0 Å². The molecule has 20 heavy (non-hydrogen) atoms. The normalized spacial score (nSPS) is 22.8. The lowest BCUT2D eigenvalue weighted by Crippen LogP contribution is -2.42. The monoisotopic (exact) mass is 361 g/mol. The van der Waals surface area contributed by atoms with Gasteiger partial charge in [0.25, 0.3) is 5.91 Å². The van der Waals surface area contributed by atoms with E-state index >= 15 is 0 Å². The Balaban J connectivity index is 1.81. The van der Waals surface area contributed by atoms with Crippen molar-refractivity contribution in [3.63, 3.8) is 0 Å². The summed E-state index contributed by atoms with van der Waals surface area (Å²) < 4.78 is 6.31. The highest BCUT2D eigenvalue weighted by Crippen LogP contribution is 2.29. The number of nitrogens with one attached hydrogen (secondary N) is 1. The first-order valence-electron chi connectivity index (χ1n) is 6.53. The van der Waals surface area contributed by atoms with E-state index in [9.17, 15) is 9.90 Å². The minimum Gasteiger partial charge on any atom is -0.480 e. The van der Waals surface area contributed by atoms with Crippen LogP contribution in [0.4, 0.5) is 0 Å². The molecule has 4 nitrogen and oxygen atoms in total. The van der Waals surface area contributed by atoms with Crippen molar-refractivity contribution in [2.75, 3.05) is 6.54 Å². The minimum atomic E-state index is -0.586. The van der Waals surface area contributed by atoms with Crippen molar-refractivity contribution in [2.24, 2.45) is 5.92 Å². The number of benzene rings is 1. The number of amides is 1. The molecule has 0 radical (unpaired) electrons. The third-order valence-electron chi connectivity index (χ3n) is 3.34. The molecule has 1 aromatic rings. The molecule has 1 atom stereocenters. The van der Waals surface area contributed by atoms with Gasteiger partial charge in [-0.25, -0.2) is 0 Å². The van der Waals surface area contributed by atoms with Crippen molar-refractivity contribution in [1.82, 2.24) is 5.32 Å². The summed E-state index contributed by atoms with van der Waals surface area (Å²) in [4.78, 5) is 11.9. The first-order chi connectivity index (χ1) is 9.45. The molecule has 2 N–H and O–H groups in total. The lowest BCUT2D eigenvalue weighted by Gasteiger charge is -2.31. The Morgan fingerprint density at radius 1 is 1.60 bits per heavy atom. The molecule has 0 bridgehead atoms. The maximum Gasteiger partial charge on any atom is 0.260 e. The third-order valence-corrected chi connectivity index (χ3v) is 4.20. The molecule has 0 heterocycles. The van der Waals surface area contributed by atoms with E-state index < -0.39 is 6.10 Å². The smallest absolute Gasteiger partial charge is 0.260 e. The zero-order valence-corrected chi connectivity index (χ0v) is 13.4. The van der Waals surface area contributed by atoms with E-state index in [4.69, 9.17) is 16.3 Å². The van der Waals surface area contributed by atoms with Crippen LogP contribution in [0.2, 0.25) is 5.02 Å². The number of aliphatic hydroxyl groups is 1. The fraction of sp³-hybridized carbons (Fsp3) is 0.500. The van der Waals surface area contributed by atoms with Gasteiger partial charge in [-0.05, 0) is 59.8 Å². The Labute approximate surface area is 131 Å². The van der Waals surface area contributed by atoms with Crippen LogP contribution >= 0.6 is 27.5 Å². The molecular formula is C14H17BrClNO3. The van der Waals surface area contributed by atoms with Gasteiger partial charge in [-0.1, -0.05) is 11.6 Å². The van der Waals surface area contributed by atoms with Crippen LogP contribution in [0.25, 0.3) is 0 Å². The maximum atomic E-state index is 11.9. The van der Waals surface area contributed by atoms with Crippen LogP contribution < -0.4 is 10.1 Å². The molecule has 110 valence electrons. The summed E-state index contributed by atoms with van der Waals surface area (Å²) in [5.74, 6) is 0.799. The average molecular weight is 363 g/mol. The predicted octanol–water partition coefficient (Wildman–Crippen LogP) is 2.76.